The maximum Gasteiger partial charge on any atom is 0.261 e. The molecule has 6 nitrogen and oxygen atoms in total. The van der Waals surface area contributed by atoms with Crippen LogP contribution in [0.4, 0.5) is 0 Å². The number of nitrogens with zero attached hydrogens (tertiary/aromatic N) is 2. The Hall–Kier alpha value is -1.92. The van der Waals surface area contributed by atoms with Crippen LogP contribution >= 0.6 is 12.4 Å². The number of carbonyl (C=O) groups excluding carboxylic acids is 3. The van der Waals surface area contributed by atoms with Crippen LogP contribution in [0.3, 0.4) is 0 Å². The lowest BCUT2D eigenvalue weighted by atomic mass is 9.90. The molecule has 0 spiro atoms. The number of halogens is 1. The molecule has 0 aliphatic carbocycles. The summed E-state index contributed by atoms with van der Waals surface area (Å²) in [4.78, 5) is 40.8. The molecule has 0 saturated carbocycles. The van der Waals surface area contributed by atoms with Gasteiger partial charge >= 0.3 is 0 Å². The van der Waals surface area contributed by atoms with Crippen LogP contribution in [0.15, 0.2) is 18.2 Å². The Morgan fingerprint density at radius 3 is 2.41 bits per heavy atom. The largest absolute Gasteiger partial charge is 0.339 e. The predicted molar refractivity (Wildman–Crippen MR) is 106 cm³/mol. The van der Waals surface area contributed by atoms with Crippen molar-refractivity contribution in [3.8, 4) is 0 Å². The van der Waals surface area contributed by atoms with Gasteiger partial charge in [-0.2, -0.15) is 0 Å². The van der Waals surface area contributed by atoms with Gasteiger partial charge in [0.05, 0.1) is 11.1 Å². The van der Waals surface area contributed by atoms with Crippen LogP contribution in [0.1, 0.15) is 70.6 Å². The van der Waals surface area contributed by atoms with Gasteiger partial charge in [-0.25, -0.2) is 0 Å². The highest BCUT2D eigenvalue weighted by Crippen LogP contribution is 2.26. The second kappa shape index (κ2) is 8.85. The Morgan fingerprint density at radius 2 is 1.81 bits per heavy atom. The zero-order chi connectivity index (χ0) is 18.8. The standard InChI is InChI=1S/C20H27N3O3.ClH/c1-3-4-9-23-19(25)16-6-5-15(12-17(16)20(23)26)18(24)22-10-7-14(8-11-22)13(2)21;/h5-6,12-14H,3-4,7-11,21H2,1-2H3;1H. The summed E-state index contributed by atoms with van der Waals surface area (Å²) in [5.41, 5.74) is 7.18. The summed E-state index contributed by atoms with van der Waals surface area (Å²) in [6, 6.07) is 5.00. The molecule has 2 heterocycles. The molecule has 2 aliphatic heterocycles. The third-order valence-corrected chi connectivity index (χ3v) is 5.52. The first kappa shape index (κ1) is 21.4. The molecule has 2 N–H and O–H groups in total. The average Bonchev–Trinajstić information content (AvgIpc) is 2.89. The van der Waals surface area contributed by atoms with E-state index in [1.54, 1.807) is 18.2 Å². The van der Waals surface area contributed by atoms with Crippen molar-refractivity contribution in [2.75, 3.05) is 19.6 Å². The predicted octanol–water partition coefficient (Wildman–Crippen LogP) is 2.70. The third kappa shape index (κ3) is 4.17. The van der Waals surface area contributed by atoms with Gasteiger partial charge in [-0.15, -0.1) is 12.4 Å². The Bertz CT molecular complexity index is 727. The minimum atomic E-state index is -0.288. The van der Waals surface area contributed by atoms with E-state index in [-0.39, 0.29) is 36.2 Å². The molecule has 0 aromatic heterocycles. The van der Waals surface area contributed by atoms with Crippen LogP contribution < -0.4 is 5.73 Å². The Labute approximate surface area is 166 Å². The van der Waals surface area contributed by atoms with Gasteiger partial charge in [0.15, 0.2) is 0 Å². The van der Waals surface area contributed by atoms with E-state index in [0.29, 0.717) is 42.2 Å². The maximum absolute atomic E-state index is 12.8. The van der Waals surface area contributed by atoms with Crippen molar-refractivity contribution in [1.29, 1.82) is 0 Å². The van der Waals surface area contributed by atoms with Crippen molar-refractivity contribution in [2.24, 2.45) is 11.7 Å². The van der Waals surface area contributed by atoms with Crippen molar-refractivity contribution in [1.82, 2.24) is 9.80 Å². The van der Waals surface area contributed by atoms with Gasteiger partial charge in [-0.3, -0.25) is 19.3 Å². The van der Waals surface area contributed by atoms with Crippen LogP contribution in [0.25, 0.3) is 0 Å². The highest BCUT2D eigenvalue weighted by atomic mass is 35.5. The number of amides is 3. The number of unbranched alkanes of at least 4 members (excludes halogenated alkanes) is 1. The molecule has 1 saturated heterocycles. The van der Waals surface area contributed by atoms with Crippen molar-refractivity contribution in [2.45, 2.75) is 45.6 Å². The molecule has 3 rings (SSSR count). The second-order valence-corrected chi connectivity index (χ2v) is 7.36. The fourth-order valence-electron chi connectivity index (χ4n) is 3.75. The number of rotatable bonds is 5. The molecule has 7 heteroatoms. The Balaban J connectivity index is 0.00000261. The van der Waals surface area contributed by atoms with Crippen molar-refractivity contribution < 1.29 is 14.4 Å². The lowest BCUT2D eigenvalue weighted by molar-refractivity contribution is 0.0650. The molecule has 0 bridgehead atoms. The number of fused-ring (bicyclic) bond motifs is 1. The van der Waals surface area contributed by atoms with E-state index >= 15 is 0 Å². The average molecular weight is 394 g/mol. The summed E-state index contributed by atoms with van der Waals surface area (Å²) >= 11 is 0. The number of imide groups is 1. The molecular weight excluding hydrogens is 366 g/mol. The third-order valence-electron chi connectivity index (χ3n) is 5.52. The van der Waals surface area contributed by atoms with Crippen molar-refractivity contribution in [3.63, 3.8) is 0 Å². The summed E-state index contributed by atoms with van der Waals surface area (Å²) in [5.74, 6) is -0.174. The van der Waals surface area contributed by atoms with Crippen LogP contribution in [-0.2, 0) is 0 Å². The fraction of sp³-hybridized carbons (Fsp3) is 0.550. The molecule has 27 heavy (non-hydrogen) atoms. The number of benzene rings is 1. The van der Waals surface area contributed by atoms with E-state index in [1.165, 1.54) is 4.90 Å². The zero-order valence-corrected chi connectivity index (χ0v) is 16.8. The Kier molecular flexibility index (Phi) is 7.00. The van der Waals surface area contributed by atoms with E-state index in [4.69, 9.17) is 5.73 Å². The van der Waals surface area contributed by atoms with E-state index in [0.717, 1.165) is 25.7 Å². The van der Waals surface area contributed by atoms with Gasteiger partial charge < -0.3 is 10.6 Å². The molecule has 148 valence electrons. The van der Waals surface area contributed by atoms with Gasteiger partial charge in [-0.1, -0.05) is 13.3 Å². The lowest BCUT2D eigenvalue weighted by Crippen LogP contribution is -2.42. The zero-order valence-electron chi connectivity index (χ0n) is 15.9. The maximum atomic E-state index is 12.8. The van der Waals surface area contributed by atoms with E-state index < -0.39 is 0 Å². The summed E-state index contributed by atoms with van der Waals surface area (Å²) in [5, 5.41) is 0. The first-order chi connectivity index (χ1) is 12.4. The number of likely N-dealkylation sites (tertiary alicyclic amines) is 1. The minimum absolute atomic E-state index is 0. The summed E-state index contributed by atoms with van der Waals surface area (Å²) in [7, 11) is 0. The summed E-state index contributed by atoms with van der Waals surface area (Å²) in [6.45, 7) is 5.81. The number of piperidine rings is 1. The van der Waals surface area contributed by atoms with E-state index in [2.05, 4.69) is 0 Å². The molecule has 2 aliphatic rings. The van der Waals surface area contributed by atoms with Crippen LogP contribution in [0.2, 0.25) is 0 Å². The molecule has 1 aromatic carbocycles. The molecular formula is C20H28ClN3O3. The fourth-order valence-corrected chi connectivity index (χ4v) is 3.75. The molecule has 1 aromatic rings. The van der Waals surface area contributed by atoms with Gasteiger partial charge in [0.25, 0.3) is 17.7 Å². The van der Waals surface area contributed by atoms with Crippen molar-refractivity contribution in [3.05, 3.63) is 34.9 Å². The molecule has 0 radical (unpaired) electrons. The van der Waals surface area contributed by atoms with Gasteiger partial charge in [0, 0.05) is 31.2 Å². The normalized spacial score (nSPS) is 18.3. The highest BCUT2D eigenvalue weighted by molar-refractivity contribution is 6.22. The first-order valence-electron chi connectivity index (χ1n) is 9.49. The van der Waals surface area contributed by atoms with Gasteiger partial charge in [-0.05, 0) is 50.3 Å². The monoisotopic (exact) mass is 393 g/mol. The van der Waals surface area contributed by atoms with Crippen LogP contribution in [0, 0.1) is 5.92 Å². The van der Waals surface area contributed by atoms with Crippen LogP contribution in [-0.4, -0.2) is 53.2 Å². The highest BCUT2D eigenvalue weighted by Gasteiger charge is 2.36. The van der Waals surface area contributed by atoms with Gasteiger partial charge in [0.1, 0.15) is 0 Å². The number of hydrogen-bond acceptors (Lipinski definition) is 4. The molecule has 1 unspecified atom stereocenters. The first-order valence-corrected chi connectivity index (χ1v) is 9.49. The number of nitrogens with two attached hydrogens (primary N) is 1. The summed E-state index contributed by atoms with van der Waals surface area (Å²) in [6.07, 6.45) is 3.49. The van der Waals surface area contributed by atoms with Gasteiger partial charge in [0.2, 0.25) is 0 Å². The topological polar surface area (TPSA) is 83.7 Å². The lowest BCUT2D eigenvalue weighted by Gasteiger charge is -2.33. The Morgan fingerprint density at radius 1 is 1.19 bits per heavy atom. The number of carbonyl (C=O) groups is 3. The number of hydrogen-bond donors (Lipinski definition) is 1. The smallest absolute Gasteiger partial charge is 0.261 e. The SMILES string of the molecule is CCCCN1C(=O)c2ccc(C(=O)N3CCC(C(C)N)CC3)cc2C1=O.Cl. The molecule has 1 fully saturated rings. The second-order valence-electron chi connectivity index (χ2n) is 7.36. The van der Waals surface area contributed by atoms with E-state index in [1.807, 2.05) is 18.7 Å². The molecule has 1 atom stereocenters. The van der Waals surface area contributed by atoms with E-state index in [9.17, 15) is 14.4 Å². The quantitative estimate of drug-likeness (QED) is 0.779. The van der Waals surface area contributed by atoms with Crippen molar-refractivity contribution >= 4 is 30.1 Å². The summed E-state index contributed by atoms with van der Waals surface area (Å²) < 4.78 is 0. The molecule has 3 amide bonds. The van der Waals surface area contributed by atoms with Crippen LogP contribution in [0.5, 0.6) is 0 Å². The minimum Gasteiger partial charge on any atom is -0.339 e.